The summed E-state index contributed by atoms with van der Waals surface area (Å²) in [6, 6.07) is 2.97. The second kappa shape index (κ2) is 2.63. The van der Waals surface area contributed by atoms with Crippen molar-refractivity contribution in [3.05, 3.63) is 34.1 Å². The third-order valence-corrected chi connectivity index (χ3v) is 1.90. The van der Waals surface area contributed by atoms with Gasteiger partial charge in [-0.3, -0.25) is 15.0 Å². The third kappa shape index (κ3) is 1.28. The van der Waals surface area contributed by atoms with Gasteiger partial charge in [-0.1, -0.05) is 0 Å². The molecule has 0 saturated carbocycles. The predicted molar refractivity (Wildman–Crippen MR) is 43.9 cm³/mol. The predicted octanol–water partition coefficient (Wildman–Crippen LogP) is 1.87. The molecule has 2 N–H and O–H groups in total. The first-order valence-corrected chi connectivity index (χ1v) is 3.76. The Balaban J connectivity index is 2.72. The third-order valence-electron chi connectivity index (χ3n) is 1.90. The smallest absolute Gasteiger partial charge is 0.298 e. The van der Waals surface area contributed by atoms with Crippen LogP contribution in [0.3, 0.4) is 0 Å². The molecule has 0 aliphatic carbocycles. The van der Waals surface area contributed by atoms with E-state index in [1.54, 1.807) is 0 Å². The SMILES string of the molecule is O=c1[nH][nH]c2ccc(C(F)(F)F)cc12. The lowest BCUT2D eigenvalue weighted by atomic mass is 10.1. The molecule has 1 aromatic heterocycles. The van der Waals surface area contributed by atoms with Crippen molar-refractivity contribution in [3.63, 3.8) is 0 Å². The summed E-state index contributed by atoms with van der Waals surface area (Å²) >= 11 is 0. The van der Waals surface area contributed by atoms with Crippen LogP contribution < -0.4 is 5.56 Å². The second-order valence-corrected chi connectivity index (χ2v) is 2.84. The molecule has 0 bridgehead atoms. The highest BCUT2D eigenvalue weighted by molar-refractivity contribution is 5.78. The Labute approximate surface area is 75.5 Å². The Kier molecular flexibility index (Phi) is 1.67. The van der Waals surface area contributed by atoms with Crippen molar-refractivity contribution in [3.8, 4) is 0 Å². The highest BCUT2D eigenvalue weighted by atomic mass is 19.4. The summed E-state index contributed by atoms with van der Waals surface area (Å²) in [7, 11) is 0. The number of alkyl halides is 3. The maximum Gasteiger partial charge on any atom is 0.416 e. The summed E-state index contributed by atoms with van der Waals surface area (Å²) in [4.78, 5) is 11.0. The molecule has 1 aromatic carbocycles. The molecule has 74 valence electrons. The lowest BCUT2D eigenvalue weighted by Crippen LogP contribution is -2.05. The van der Waals surface area contributed by atoms with Crippen molar-refractivity contribution in [1.82, 2.24) is 10.2 Å². The number of benzene rings is 1. The van der Waals surface area contributed by atoms with Crippen LogP contribution in [-0.4, -0.2) is 10.2 Å². The molecular formula is C8H5F3N2O. The van der Waals surface area contributed by atoms with E-state index in [1.165, 1.54) is 6.07 Å². The summed E-state index contributed by atoms with van der Waals surface area (Å²) < 4.78 is 36.7. The van der Waals surface area contributed by atoms with Gasteiger partial charge in [0.05, 0.1) is 16.5 Å². The van der Waals surface area contributed by atoms with Crippen molar-refractivity contribution in [2.45, 2.75) is 6.18 Å². The first-order chi connectivity index (χ1) is 6.48. The number of hydrogen-bond acceptors (Lipinski definition) is 1. The molecule has 0 atom stereocenters. The van der Waals surface area contributed by atoms with Crippen LogP contribution in [0.2, 0.25) is 0 Å². The van der Waals surface area contributed by atoms with Gasteiger partial charge >= 0.3 is 6.18 Å². The summed E-state index contributed by atoms with van der Waals surface area (Å²) in [6.45, 7) is 0. The molecule has 3 nitrogen and oxygen atoms in total. The summed E-state index contributed by atoms with van der Waals surface area (Å²) in [5.41, 5.74) is -1.01. The largest absolute Gasteiger partial charge is 0.416 e. The van der Waals surface area contributed by atoms with Gasteiger partial charge in [0.1, 0.15) is 0 Å². The van der Waals surface area contributed by atoms with Crippen molar-refractivity contribution >= 4 is 10.9 Å². The molecule has 14 heavy (non-hydrogen) atoms. The number of rotatable bonds is 0. The lowest BCUT2D eigenvalue weighted by molar-refractivity contribution is -0.137. The first kappa shape index (κ1) is 8.86. The number of aromatic amines is 2. The molecule has 2 aromatic rings. The van der Waals surface area contributed by atoms with Gasteiger partial charge in [-0.05, 0) is 18.2 Å². The number of hydrogen-bond donors (Lipinski definition) is 2. The van der Waals surface area contributed by atoms with E-state index in [9.17, 15) is 18.0 Å². The molecule has 0 radical (unpaired) electrons. The van der Waals surface area contributed by atoms with Gasteiger partial charge in [0.2, 0.25) is 0 Å². The molecule has 0 aliphatic rings. The van der Waals surface area contributed by atoms with Gasteiger partial charge in [0.15, 0.2) is 0 Å². The summed E-state index contributed by atoms with van der Waals surface area (Å²) in [6.07, 6.45) is -4.42. The molecule has 0 aliphatic heterocycles. The minimum atomic E-state index is -4.42. The quantitative estimate of drug-likeness (QED) is 0.673. The highest BCUT2D eigenvalue weighted by Gasteiger charge is 2.30. The molecule has 0 unspecified atom stereocenters. The Morgan fingerprint density at radius 2 is 1.86 bits per heavy atom. The molecule has 0 amide bonds. The van der Waals surface area contributed by atoms with Crippen LogP contribution in [0.4, 0.5) is 13.2 Å². The number of nitrogens with one attached hydrogen (secondary N) is 2. The minimum Gasteiger partial charge on any atom is -0.298 e. The number of aromatic nitrogens is 2. The van der Waals surface area contributed by atoms with Gasteiger partial charge in [-0.15, -0.1) is 0 Å². The van der Waals surface area contributed by atoms with Crippen molar-refractivity contribution in [2.75, 3.05) is 0 Å². The highest BCUT2D eigenvalue weighted by Crippen LogP contribution is 2.30. The maximum atomic E-state index is 12.2. The average molecular weight is 202 g/mol. The fourth-order valence-corrected chi connectivity index (χ4v) is 1.21. The van der Waals surface area contributed by atoms with Crippen molar-refractivity contribution < 1.29 is 13.2 Å². The topological polar surface area (TPSA) is 48.6 Å². The van der Waals surface area contributed by atoms with E-state index in [0.29, 0.717) is 5.52 Å². The van der Waals surface area contributed by atoms with Gasteiger partial charge in [0, 0.05) is 0 Å². The van der Waals surface area contributed by atoms with Gasteiger partial charge in [0.25, 0.3) is 5.56 Å². The fourth-order valence-electron chi connectivity index (χ4n) is 1.21. The zero-order valence-corrected chi connectivity index (χ0v) is 6.77. The van der Waals surface area contributed by atoms with E-state index in [2.05, 4.69) is 10.2 Å². The zero-order chi connectivity index (χ0) is 10.3. The van der Waals surface area contributed by atoms with Gasteiger partial charge < -0.3 is 0 Å². The standard InChI is InChI=1S/C8H5F3N2O/c9-8(10,11)4-1-2-6-5(3-4)7(14)13-12-6/h1-3H,(H2,12,13,14). The normalized spacial score (nSPS) is 12.2. The Hall–Kier alpha value is -1.72. The molecule has 6 heteroatoms. The monoisotopic (exact) mass is 202 g/mol. The zero-order valence-electron chi connectivity index (χ0n) is 6.77. The van der Waals surface area contributed by atoms with Crippen LogP contribution in [-0.2, 0) is 6.18 Å². The summed E-state index contributed by atoms with van der Waals surface area (Å²) in [5, 5.41) is 4.68. The Bertz CT molecular complexity index is 523. The summed E-state index contributed by atoms with van der Waals surface area (Å²) in [5.74, 6) is 0. The van der Waals surface area contributed by atoms with Crippen molar-refractivity contribution in [1.29, 1.82) is 0 Å². The van der Waals surface area contributed by atoms with Crippen LogP contribution >= 0.6 is 0 Å². The van der Waals surface area contributed by atoms with E-state index in [-0.39, 0.29) is 5.39 Å². The van der Waals surface area contributed by atoms with E-state index < -0.39 is 17.3 Å². The van der Waals surface area contributed by atoms with Crippen LogP contribution in [0.5, 0.6) is 0 Å². The molecule has 0 saturated heterocycles. The second-order valence-electron chi connectivity index (χ2n) is 2.84. The minimum absolute atomic E-state index is 0.0137. The molecule has 2 rings (SSSR count). The van der Waals surface area contributed by atoms with Crippen LogP contribution in [0.25, 0.3) is 10.9 Å². The van der Waals surface area contributed by atoms with E-state index in [4.69, 9.17) is 0 Å². The van der Waals surface area contributed by atoms with Gasteiger partial charge in [-0.2, -0.15) is 13.2 Å². The Morgan fingerprint density at radius 3 is 2.50 bits per heavy atom. The maximum absolute atomic E-state index is 12.2. The Morgan fingerprint density at radius 1 is 1.14 bits per heavy atom. The first-order valence-electron chi connectivity index (χ1n) is 3.76. The molecule has 0 spiro atoms. The van der Waals surface area contributed by atoms with E-state index in [0.717, 1.165) is 12.1 Å². The number of halogens is 3. The van der Waals surface area contributed by atoms with Crippen molar-refractivity contribution in [2.24, 2.45) is 0 Å². The van der Waals surface area contributed by atoms with E-state index in [1.807, 2.05) is 0 Å². The lowest BCUT2D eigenvalue weighted by Gasteiger charge is -2.04. The average Bonchev–Trinajstić information content (AvgIpc) is 2.46. The van der Waals surface area contributed by atoms with Gasteiger partial charge in [-0.25, -0.2) is 0 Å². The molecule has 0 fully saturated rings. The van der Waals surface area contributed by atoms with Crippen LogP contribution in [0.15, 0.2) is 23.0 Å². The van der Waals surface area contributed by atoms with Crippen LogP contribution in [0, 0.1) is 0 Å². The van der Waals surface area contributed by atoms with Crippen LogP contribution in [0.1, 0.15) is 5.56 Å². The molecule has 1 heterocycles. The fraction of sp³-hybridized carbons (Fsp3) is 0.125. The number of fused-ring (bicyclic) bond motifs is 1. The number of H-pyrrole nitrogens is 2. The van der Waals surface area contributed by atoms with E-state index >= 15 is 0 Å². The molecular weight excluding hydrogens is 197 g/mol.